The van der Waals surface area contributed by atoms with Gasteiger partial charge in [0.15, 0.2) is 11.5 Å². The maximum absolute atomic E-state index is 13.4. The van der Waals surface area contributed by atoms with Crippen molar-refractivity contribution in [3.05, 3.63) is 54.6 Å². The molecule has 2 aromatic rings. The van der Waals surface area contributed by atoms with E-state index in [-0.39, 0.29) is 18.6 Å². The molecule has 158 valence electrons. The summed E-state index contributed by atoms with van der Waals surface area (Å²) in [6.45, 7) is 0.542. The van der Waals surface area contributed by atoms with Crippen LogP contribution in [0, 0.1) is 11.8 Å². The second kappa shape index (κ2) is 6.49. The first-order valence-corrected chi connectivity index (χ1v) is 10.1. The van der Waals surface area contributed by atoms with Crippen molar-refractivity contribution in [3.63, 3.8) is 0 Å². The van der Waals surface area contributed by atoms with Crippen LogP contribution in [0.3, 0.4) is 0 Å². The molecular weight excluding hydrogens is 400 g/mol. The van der Waals surface area contributed by atoms with Crippen LogP contribution in [0.25, 0.3) is 0 Å². The van der Waals surface area contributed by atoms with Crippen molar-refractivity contribution in [1.82, 2.24) is 0 Å². The summed E-state index contributed by atoms with van der Waals surface area (Å²) < 4.78 is 22.1. The van der Waals surface area contributed by atoms with Gasteiger partial charge < -0.3 is 29.2 Å². The van der Waals surface area contributed by atoms with Crippen LogP contribution in [0.15, 0.2) is 54.6 Å². The molecule has 4 aliphatic rings. The molecule has 2 saturated heterocycles. The molecule has 4 aliphatic heterocycles. The normalized spacial score (nSPS) is 29.4. The molecule has 1 spiro atoms. The highest BCUT2D eigenvalue weighted by molar-refractivity contribution is 6.05. The number of hydrogen-bond acceptors (Lipinski definition) is 6. The number of nitrogens with one attached hydrogen (secondary N) is 1. The van der Waals surface area contributed by atoms with E-state index in [1.54, 1.807) is 30.2 Å². The molecule has 2 fully saturated rings. The summed E-state index contributed by atoms with van der Waals surface area (Å²) in [6, 6.07) is 12.5. The first kappa shape index (κ1) is 18.3. The molecule has 8 nitrogen and oxygen atoms in total. The highest BCUT2D eigenvalue weighted by atomic mass is 16.7. The van der Waals surface area contributed by atoms with E-state index < -0.39 is 23.5 Å². The maximum atomic E-state index is 13.4. The van der Waals surface area contributed by atoms with Gasteiger partial charge >= 0.3 is 0 Å². The Morgan fingerprint density at radius 1 is 1.16 bits per heavy atom. The van der Waals surface area contributed by atoms with Gasteiger partial charge in [-0.1, -0.05) is 12.2 Å². The van der Waals surface area contributed by atoms with Gasteiger partial charge in [0.2, 0.25) is 18.6 Å². The Balaban J connectivity index is 1.26. The standard InChI is InChI=1S/C23H20N2O6/c1-28-15-5-3-14(4-6-15)25-11-23-9-8-17(31-23)19(20(23)22(25)27)21(26)24-13-2-7-16-18(10-13)30-12-29-16/h2-10,17,19-20H,11-12H2,1H3,(H,24,26)/t17-,19?,20+,23-/m1/s1. The Labute approximate surface area is 178 Å². The Kier molecular flexibility index (Phi) is 3.82. The predicted octanol–water partition coefficient (Wildman–Crippen LogP) is 2.35. The Morgan fingerprint density at radius 2 is 1.97 bits per heavy atom. The van der Waals surface area contributed by atoms with Gasteiger partial charge in [-0.2, -0.15) is 0 Å². The topological polar surface area (TPSA) is 86.3 Å². The number of ether oxygens (including phenoxy) is 4. The quantitative estimate of drug-likeness (QED) is 0.765. The van der Waals surface area contributed by atoms with Crippen molar-refractivity contribution in [2.45, 2.75) is 11.7 Å². The molecular formula is C23H20N2O6. The van der Waals surface area contributed by atoms with E-state index in [1.165, 1.54) is 0 Å². The van der Waals surface area contributed by atoms with Crippen LogP contribution in [0.2, 0.25) is 0 Å². The smallest absolute Gasteiger partial charge is 0.234 e. The molecule has 0 saturated carbocycles. The summed E-state index contributed by atoms with van der Waals surface area (Å²) in [4.78, 5) is 28.3. The number of benzene rings is 2. The molecule has 0 aliphatic carbocycles. The number of rotatable bonds is 4. The molecule has 4 atom stereocenters. The fraction of sp³-hybridized carbons (Fsp3) is 0.304. The third-order valence-corrected chi connectivity index (χ3v) is 6.43. The first-order valence-electron chi connectivity index (χ1n) is 10.1. The van der Waals surface area contributed by atoms with Crippen LogP contribution in [-0.4, -0.2) is 44.0 Å². The predicted molar refractivity (Wildman–Crippen MR) is 110 cm³/mol. The molecule has 1 unspecified atom stereocenters. The van der Waals surface area contributed by atoms with Gasteiger partial charge in [-0.05, 0) is 36.4 Å². The Morgan fingerprint density at radius 3 is 2.77 bits per heavy atom. The molecule has 1 N–H and O–H groups in total. The van der Waals surface area contributed by atoms with Crippen LogP contribution in [0.4, 0.5) is 11.4 Å². The number of hydrogen-bond donors (Lipinski definition) is 1. The molecule has 0 aromatic heterocycles. The summed E-state index contributed by atoms with van der Waals surface area (Å²) in [5, 5.41) is 2.92. The van der Waals surface area contributed by atoms with Gasteiger partial charge in [0, 0.05) is 17.4 Å². The van der Waals surface area contributed by atoms with E-state index in [1.807, 2.05) is 36.4 Å². The van der Waals surface area contributed by atoms with Crippen molar-refractivity contribution in [3.8, 4) is 17.2 Å². The van der Waals surface area contributed by atoms with E-state index in [0.717, 1.165) is 5.69 Å². The third kappa shape index (κ3) is 2.64. The average Bonchev–Trinajstić information content (AvgIpc) is 3.54. The van der Waals surface area contributed by atoms with Crippen LogP contribution in [0.5, 0.6) is 17.2 Å². The lowest BCUT2D eigenvalue weighted by atomic mass is 9.77. The van der Waals surface area contributed by atoms with Crippen LogP contribution in [0.1, 0.15) is 0 Å². The van der Waals surface area contributed by atoms with Gasteiger partial charge in [0.05, 0.1) is 31.6 Å². The summed E-state index contributed by atoms with van der Waals surface area (Å²) in [5.41, 5.74) is 0.566. The lowest BCUT2D eigenvalue weighted by molar-refractivity contribution is -0.128. The Hall–Kier alpha value is -3.52. The summed E-state index contributed by atoms with van der Waals surface area (Å²) in [6.07, 6.45) is 3.42. The minimum Gasteiger partial charge on any atom is -0.497 e. The third-order valence-electron chi connectivity index (χ3n) is 6.43. The first-order chi connectivity index (χ1) is 15.1. The van der Waals surface area contributed by atoms with E-state index >= 15 is 0 Å². The lowest BCUT2D eigenvalue weighted by Crippen LogP contribution is -2.41. The van der Waals surface area contributed by atoms with Crippen molar-refractivity contribution in [2.75, 3.05) is 30.7 Å². The Bertz CT molecular complexity index is 1110. The lowest BCUT2D eigenvalue weighted by Gasteiger charge is -2.23. The van der Waals surface area contributed by atoms with Crippen molar-refractivity contribution in [1.29, 1.82) is 0 Å². The minimum atomic E-state index is -0.779. The number of amides is 2. The number of nitrogens with zero attached hydrogens (tertiary/aromatic N) is 1. The molecule has 2 bridgehead atoms. The molecule has 31 heavy (non-hydrogen) atoms. The van der Waals surface area contributed by atoms with Gasteiger partial charge in [0.25, 0.3) is 0 Å². The maximum Gasteiger partial charge on any atom is 0.234 e. The van der Waals surface area contributed by atoms with Crippen LogP contribution >= 0.6 is 0 Å². The van der Waals surface area contributed by atoms with Crippen molar-refractivity contribution >= 4 is 23.2 Å². The molecule has 4 heterocycles. The average molecular weight is 420 g/mol. The minimum absolute atomic E-state index is 0.108. The van der Waals surface area contributed by atoms with Gasteiger partial charge in [-0.25, -0.2) is 0 Å². The molecule has 8 heteroatoms. The number of carbonyl (C=O) groups is 2. The van der Waals surface area contributed by atoms with E-state index in [2.05, 4.69) is 5.32 Å². The SMILES string of the molecule is COc1ccc(N2C[C@@]34C=C[C@@H](O3)C(C(=O)Nc3ccc5c(c3)OCO5)[C@H]4C2=O)cc1. The zero-order valence-corrected chi connectivity index (χ0v) is 16.7. The second-order valence-electron chi connectivity index (χ2n) is 8.08. The largest absolute Gasteiger partial charge is 0.497 e. The zero-order valence-electron chi connectivity index (χ0n) is 16.7. The van der Waals surface area contributed by atoms with Crippen LogP contribution < -0.4 is 24.4 Å². The summed E-state index contributed by atoms with van der Waals surface area (Å²) in [7, 11) is 1.60. The molecule has 6 rings (SSSR count). The number of carbonyl (C=O) groups excluding carboxylic acids is 2. The van der Waals surface area contributed by atoms with E-state index in [4.69, 9.17) is 18.9 Å². The summed E-state index contributed by atoms with van der Waals surface area (Å²) >= 11 is 0. The highest BCUT2D eigenvalue weighted by Gasteiger charge is 2.67. The van der Waals surface area contributed by atoms with E-state index in [0.29, 0.717) is 29.5 Å². The van der Waals surface area contributed by atoms with Gasteiger partial charge in [0.1, 0.15) is 11.4 Å². The monoisotopic (exact) mass is 420 g/mol. The highest BCUT2D eigenvalue weighted by Crippen LogP contribution is 2.53. The number of fused-ring (bicyclic) bond motifs is 2. The van der Waals surface area contributed by atoms with Gasteiger partial charge in [-0.15, -0.1) is 0 Å². The molecule has 2 amide bonds. The van der Waals surface area contributed by atoms with Crippen molar-refractivity contribution in [2.24, 2.45) is 11.8 Å². The van der Waals surface area contributed by atoms with Crippen molar-refractivity contribution < 1.29 is 28.5 Å². The van der Waals surface area contributed by atoms with E-state index in [9.17, 15) is 9.59 Å². The fourth-order valence-corrected chi connectivity index (χ4v) is 4.98. The number of methoxy groups -OCH3 is 1. The fourth-order valence-electron chi connectivity index (χ4n) is 4.98. The molecule has 0 radical (unpaired) electrons. The number of anilines is 2. The summed E-state index contributed by atoms with van der Waals surface area (Å²) in [5.74, 6) is 0.412. The van der Waals surface area contributed by atoms with Crippen LogP contribution in [-0.2, 0) is 14.3 Å². The molecule has 2 aromatic carbocycles. The zero-order chi connectivity index (χ0) is 21.2. The second-order valence-corrected chi connectivity index (χ2v) is 8.08. The van der Waals surface area contributed by atoms with Gasteiger partial charge in [-0.3, -0.25) is 9.59 Å².